The lowest BCUT2D eigenvalue weighted by atomic mass is 10.1. The van der Waals surface area contributed by atoms with Crippen molar-refractivity contribution in [3.8, 4) is 11.3 Å². The van der Waals surface area contributed by atoms with E-state index in [1.807, 2.05) is 49.4 Å². The van der Waals surface area contributed by atoms with Gasteiger partial charge in [0.2, 0.25) is 5.76 Å². The summed E-state index contributed by atoms with van der Waals surface area (Å²) in [6.45, 7) is 3.45. The van der Waals surface area contributed by atoms with Gasteiger partial charge in [-0.1, -0.05) is 29.8 Å². The summed E-state index contributed by atoms with van der Waals surface area (Å²) >= 11 is 5.81. The van der Waals surface area contributed by atoms with Crippen molar-refractivity contribution in [2.24, 2.45) is 0 Å². The second-order valence-electron chi connectivity index (χ2n) is 5.08. The molecule has 0 amide bonds. The number of furan rings is 1. The summed E-state index contributed by atoms with van der Waals surface area (Å²) in [5, 5.41) is 0.751. The number of benzene rings is 1. The van der Waals surface area contributed by atoms with Crippen molar-refractivity contribution in [1.29, 1.82) is 0 Å². The van der Waals surface area contributed by atoms with Crippen molar-refractivity contribution in [3.63, 3.8) is 0 Å². The Balaban J connectivity index is 0.000000185. The molecular formula is C18H15ClF3NO. The maximum absolute atomic E-state index is 11.7. The normalized spacial score (nSPS) is 10.9. The molecule has 0 spiro atoms. The van der Waals surface area contributed by atoms with E-state index in [4.69, 9.17) is 11.6 Å². The van der Waals surface area contributed by atoms with Crippen LogP contribution in [-0.4, -0.2) is 4.98 Å². The van der Waals surface area contributed by atoms with E-state index < -0.39 is 11.9 Å². The van der Waals surface area contributed by atoms with Gasteiger partial charge in [-0.05, 0) is 50.2 Å². The highest BCUT2D eigenvalue weighted by Gasteiger charge is 2.34. The molecule has 0 aliphatic rings. The standard InChI is InChI=1S/C12H10ClN.C6H5F3O/c1-9-3-2-4-12(14-9)10-5-7-11(13)8-6-10;1-4-2-3-5(10-4)6(7,8)9/h2-8H,1H3;2-3H,1H3. The Labute approximate surface area is 142 Å². The van der Waals surface area contributed by atoms with Crippen molar-refractivity contribution in [2.75, 3.05) is 0 Å². The van der Waals surface area contributed by atoms with E-state index in [0.717, 1.165) is 28.0 Å². The third kappa shape index (κ3) is 5.13. The number of nitrogens with zero attached hydrogens (tertiary/aromatic N) is 1. The number of aryl methyl sites for hydroxylation is 2. The first-order chi connectivity index (χ1) is 11.3. The molecule has 0 aliphatic heterocycles. The fraction of sp³-hybridized carbons (Fsp3) is 0.167. The minimum atomic E-state index is -4.35. The van der Waals surface area contributed by atoms with E-state index in [-0.39, 0.29) is 5.76 Å². The molecule has 0 bridgehead atoms. The van der Waals surface area contributed by atoms with Crippen LogP contribution in [0.5, 0.6) is 0 Å². The molecule has 0 radical (unpaired) electrons. The van der Waals surface area contributed by atoms with Crippen LogP contribution in [0.3, 0.4) is 0 Å². The monoisotopic (exact) mass is 353 g/mol. The summed E-state index contributed by atoms with van der Waals surface area (Å²) in [7, 11) is 0. The van der Waals surface area contributed by atoms with Crippen LogP contribution in [0.15, 0.2) is 59.0 Å². The third-order valence-electron chi connectivity index (χ3n) is 3.05. The van der Waals surface area contributed by atoms with Crippen LogP contribution in [0.2, 0.25) is 5.02 Å². The summed E-state index contributed by atoms with van der Waals surface area (Å²) in [5.41, 5.74) is 3.11. The second-order valence-corrected chi connectivity index (χ2v) is 5.52. The first-order valence-electron chi connectivity index (χ1n) is 7.09. The largest absolute Gasteiger partial charge is 0.457 e. The highest BCUT2D eigenvalue weighted by atomic mass is 35.5. The maximum Gasteiger partial charge on any atom is 0.449 e. The van der Waals surface area contributed by atoms with Crippen LogP contribution in [0.25, 0.3) is 11.3 Å². The summed E-state index contributed by atoms with van der Waals surface area (Å²) < 4.78 is 39.4. The lowest BCUT2D eigenvalue weighted by Gasteiger charge is -2.01. The number of alkyl halides is 3. The van der Waals surface area contributed by atoms with E-state index in [2.05, 4.69) is 9.40 Å². The van der Waals surface area contributed by atoms with Crippen molar-refractivity contribution >= 4 is 11.6 Å². The SMILES string of the molecule is Cc1ccc(C(F)(F)F)o1.Cc1cccc(-c2ccc(Cl)cc2)n1. The van der Waals surface area contributed by atoms with Gasteiger partial charge in [0.25, 0.3) is 0 Å². The molecule has 0 N–H and O–H groups in total. The quantitative estimate of drug-likeness (QED) is 0.511. The number of hydrogen-bond donors (Lipinski definition) is 0. The Hall–Kier alpha value is -2.27. The van der Waals surface area contributed by atoms with Crippen LogP contribution in [0.4, 0.5) is 13.2 Å². The highest BCUT2D eigenvalue weighted by molar-refractivity contribution is 6.30. The molecule has 126 valence electrons. The topological polar surface area (TPSA) is 26.0 Å². The van der Waals surface area contributed by atoms with Gasteiger partial charge in [-0.25, -0.2) is 0 Å². The lowest BCUT2D eigenvalue weighted by molar-refractivity contribution is -0.153. The minimum absolute atomic E-state index is 0.271. The predicted molar refractivity (Wildman–Crippen MR) is 87.9 cm³/mol. The molecule has 0 saturated carbocycles. The van der Waals surface area contributed by atoms with E-state index in [1.54, 1.807) is 0 Å². The zero-order chi connectivity index (χ0) is 17.7. The Morgan fingerprint density at radius 1 is 0.917 bits per heavy atom. The molecule has 2 heterocycles. The summed E-state index contributed by atoms with van der Waals surface area (Å²) in [4.78, 5) is 4.43. The fourth-order valence-corrected chi connectivity index (χ4v) is 2.04. The molecule has 0 atom stereocenters. The molecular weight excluding hydrogens is 339 g/mol. The molecule has 24 heavy (non-hydrogen) atoms. The van der Waals surface area contributed by atoms with Gasteiger partial charge in [0.05, 0.1) is 5.69 Å². The van der Waals surface area contributed by atoms with E-state index in [0.29, 0.717) is 0 Å². The van der Waals surface area contributed by atoms with Gasteiger partial charge in [-0.2, -0.15) is 13.2 Å². The molecule has 0 saturated heterocycles. The first-order valence-corrected chi connectivity index (χ1v) is 7.47. The number of rotatable bonds is 1. The van der Waals surface area contributed by atoms with Crippen molar-refractivity contribution in [2.45, 2.75) is 20.0 Å². The Kier molecular flexibility index (Phi) is 5.67. The van der Waals surface area contributed by atoms with Gasteiger partial charge in [0.1, 0.15) is 5.76 Å². The van der Waals surface area contributed by atoms with Crippen LogP contribution in [0.1, 0.15) is 17.2 Å². The molecule has 0 unspecified atom stereocenters. The molecule has 3 aromatic rings. The van der Waals surface area contributed by atoms with Gasteiger partial charge >= 0.3 is 6.18 Å². The smallest absolute Gasteiger partial charge is 0.449 e. The molecule has 2 nitrogen and oxygen atoms in total. The summed E-state index contributed by atoms with van der Waals surface area (Å²) in [6, 6.07) is 15.9. The minimum Gasteiger partial charge on any atom is -0.457 e. The molecule has 1 aromatic carbocycles. The van der Waals surface area contributed by atoms with E-state index in [9.17, 15) is 13.2 Å². The van der Waals surface area contributed by atoms with Gasteiger partial charge in [-0.3, -0.25) is 4.98 Å². The Morgan fingerprint density at radius 3 is 2.04 bits per heavy atom. The molecule has 2 aromatic heterocycles. The number of pyridine rings is 1. The molecule has 0 aliphatic carbocycles. The van der Waals surface area contributed by atoms with Gasteiger partial charge < -0.3 is 4.42 Å². The predicted octanol–water partition coefficient (Wildman–Crippen LogP) is 6.32. The van der Waals surface area contributed by atoms with Gasteiger partial charge in [0.15, 0.2) is 0 Å². The van der Waals surface area contributed by atoms with Crippen LogP contribution < -0.4 is 0 Å². The zero-order valence-electron chi connectivity index (χ0n) is 13.1. The van der Waals surface area contributed by atoms with Crippen molar-refractivity contribution in [1.82, 2.24) is 4.98 Å². The van der Waals surface area contributed by atoms with E-state index in [1.165, 1.54) is 13.0 Å². The van der Waals surface area contributed by atoms with Crippen molar-refractivity contribution in [3.05, 3.63) is 76.8 Å². The fourth-order valence-electron chi connectivity index (χ4n) is 1.91. The first kappa shape index (κ1) is 18.1. The Bertz CT molecular complexity index is 795. The second kappa shape index (κ2) is 7.53. The molecule has 0 fully saturated rings. The van der Waals surface area contributed by atoms with Gasteiger partial charge in [-0.15, -0.1) is 0 Å². The number of hydrogen-bond acceptors (Lipinski definition) is 2. The van der Waals surface area contributed by atoms with Crippen LogP contribution >= 0.6 is 11.6 Å². The van der Waals surface area contributed by atoms with Gasteiger partial charge in [0, 0.05) is 16.3 Å². The average Bonchev–Trinajstić information content (AvgIpc) is 2.95. The molecule has 6 heteroatoms. The van der Waals surface area contributed by atoms with Crippen LogP contribution in [0, 0.1) is 13.8 Å². The maximum atomic E-state index is 11.7. The summed E-state index contributed by atoms with van der Waals surface area (Å²) in [6.07, 6.45) is -4.35. The number of aromatic nitrogens is 1. The van der Waals surface area contributed by atoms with Crippen molar-refractivity contribution < 1.29 is 17.6 Å². The third-order valence-corrected chi connectivity index (χ3v) is 3.30. The average molecular weight is 354 g/mol. The van der Waals surface area contributed by atoms with Crippen LogP contribution in [-0.2, 0) is 6.18 Å². The summed E-state index contributed by atoms with van der Waals surface area (Å²) in [5.74, 6) is -0.669. The lowest BCUT2D eigenvalue weighted by Crippen LogP contribution is -2.01. The van der Waals surface area contributed by atoms with E-state index >= 15 is 0 Å². The zero-order valence-corrected chi connectivity index (χ0v) is 13.8. The highest BCUT2D eigenvalue weighted by Crippen LogP contribution is 2.30. The number of halogens is 4. The molecule has 3 rings (SSSR count). The Morgan fingerprint density at radius 2 is 1.58 bits per heavy atom.